The van der Waals surface area contributed by atoms with Crippen molar-refractivity contribution in [3.63, 3.8) is 0 Å². The first-order chi connectivity index (χ1) is 10.3. The molecule has 0 saturated carbocycles. The number of carbonyl (C=O) groups excluding carboxylic acids is 1. The van der Waals surface area contributed by atoms with E-state index in [4.69, 9.17) is 14.3 Å². The lowest BCUT2D eigenvalue weighted by atomic mass is 10.2. The smallest absolute Gasteiger partial charge is 0.315 e. The molecule has 0 aliphatic rings. The molecule has 21 heavy (non-hydrogen) atoms. The average Bonchev–Trinajstić information content (AvgIpc) is 3.03. The lowest BCUT2D eigenvalue weighted by molar-refractivity contribution is 0.200. The maximum absolute atomic E-state index is 11.7. The molecular formula is C15H18N2O4. The number of rotatable bonds is 7. The van der Waals surface area contributed by atoms with E-state index in [0.717, 1.165) is 5.56 Å². The molecular weight excluding hydrogens is 272 g/mol. The molecule has 0 aliphatic carbocycles. The molecule has 0 fully saturated rings. The van der Waals surface area contributed by atoms with Gasteiger partial charge in [-0.15, -0.1) is 0 Å². The van der Waals surface area contributed by atoms with Gasteiger partial charge in [0.1, 0.15) is 18.1 Å². The van der Waals surface area contributed by atoms with E-state index in [-0.39, 0.29) is 19.2 Å². The maximum Gasteiger partial charge on any atom is 0.315 e. The molecule has 6 nitrogen and oxygen atoms in total. The Balaban J connectivity index is 1.80. The first kappa shape index (κ1) is 14.9. The van der Waals surface area contributed by atoms with Crippen LogP contribution in [-0.4, -0.2) is 24.4 Å². The number of aliphatic hydroxyl groups excluding tert-OH is 1. The molecule has 0 unspecified atom stereocenters. The van der Waals surface area contributed by atoms with Crippen LogP contribution in [0.1, 0.15) is 11.3 Å². The van der Waals surface area contributed by atoms with Gasteiger partial charge in [-0.05, 0) is 18.2 Å². The topological polar surface area (TPSA) is 83.7 Å². The van der Waals surface area contributed by atoms with E-state index in [9.17, 15) is 4.79 Å². The molecule has 0 atom stereocenters. The van der Waals surface area contributed by atoms with Crippen molar-refractivity contribution in [1.29, 1.82) is 0 Å². The Hall–Kier alpha value is -2.47. The molecule has 1 heterocycles. The molecule has 1 aromatic heterocycles. The number of ether oxygens (including phenoxy) is 1. The number of amides is 2. The fourth-order valence-electron chi connectivity index (χ4n) is 1.76. The van der Waals surface area contributed by atoms with Crippen LogP contribution < -0.4 is 15.4 Å². The van der Waals surface area contributed by atoms with Crippen molar-refractivity contribution >= 4 is 6.03 Å². The summed E-state index contributed by atoms with van der Waals surface area (Å²) >= 11 is 0. The third-order valence-corrected chi connectivity index (χ3v) is 2.76. The second kappa shape index (κ2) is 7.96. The first-order valence-electron chi connectivity index (χ1n) is 6.65. The van der Waals surface area contributed by atoms with Crippen molar-refractivity contribution in [2.45, 2.75) is 13.1 Å². The minimum absolute atomic E-state index is 0.0502. The van der Waals surface area contributed by atoms with Gasteiger partial charge in [0.2, 0.25) is 0 Å². The summed E-state index contributed by atoms with van der Waals surface area (Å²) in [5, 5.41) is 14.2. The Bertz CT molecular complexity index is 555. The summed E-state index contributed by atoms with van der Waals surface area (Å²) in [6.07, 6.45) is 1.56. The highest BCUT2D eigenvalue weighted by Crippen LogP contribution is 2.17. The molecule has 0 aliphatic heterocycles. The molecule has 1 aromatic carbocycles. The van der Waals surface area contributed by atoms with Crippen LogP contribution >= 0.6 is 0 Å². The number of furan rings is 1. The van der Waals surface area contributed by atoms with Crippen LogP contribution in [0.3, 0.4) is 0 Å². The average molecular weight is 290 g/mol. The predicted molar refractivity (Wildman–Crippen MR) is 76.8 cm³/mol. The van der Waals surface area contributed by atoms with Crippen LogP contribution in [0.25, 0.3) is 0 Å². The highest BCUT2D eigenvalue weighted by molar-refractivity contribution is 5.73. The van der Waals surface area contributed by atoms with Crippen molar-refractivity contribution in [3.05, 3.63) is 54.0 Å². The molecule has 112 valence electrons. The van der Waals surface area contributed by atoms with E-state index >= 15 is 0 Å². The van der Waals surface area contributed by atoms with Crippen LogP contribution in [0.2, 0.25) is 0 Å². The van der Waals surface area contributed by atoms with E-state index < -0.39 is 0 Å². The minimum Gasteiger partial charge on any atom is -0.491 e. The quantitative estimate of drug-likeness (QED) is 0.724. The molecule has 2 rings (SSSR count). The number of aliphatic hydroxyl groups is 1. The molecule has 0 saturated heterocycles. The normalized spacial score (nSPS) is 10.1. The third kappa shape index (κ3) is 4.85. The molecule has 6 heteroatoms. The molecule has 2 aromatic rings. The van der Waals surface area contributed by atoms with Crippen LogP contribution in [0.15, 0.2) is 47.1 Å². The van der Waals surface area contributed by atoms with Crippen LogP contribution in [0.5, 0.6) is 5.75 Å². The molecule has 0 spiro atoms. The number of urea groups is 1. The van der Waals surface area contributed by atoms with Crippen molar-refractivity contribution in [3.8, 4) is 5.75 Å². The van der Waals surface area contributed by atoms with Gasteiger partial charge in [-0.2, -0.15) is 0 Å². The van der Waals surface area contributed by atoms with E-state index in [1.54, 1.807) is 24.5 Å². The van der Waals surface area contributed by atoms with Gasteiger partial charge in [0, 0.05) is 12.1 Å². The van der Waals surface area contributed by atoms with Gasteiger partial charge in [-0.25, -0.2) is 4.79 Å². The van der Waals surface area contributed by atoms with Crippen molar-refractivity contribution in [1.82, 2.24) is 10.6 Å². The Morgan fingerprint density at radius 2 is 1.95 bits per heavy atom. The summed E-state index contributed by atoms with van der Waals surface area (Å²) in [7, 11) is 0. The maximum atomic E-state index is 11.7. The van der Waals surface area contributed by atoms with E-state index in [0.29, 0.717) is 24.6 Å². The summed E-state index contributed by atoms with van der Waals surface area (Å²) in [5.41, 5.74) is 0.846. The lowest BCUT2D eigenvalue weighted by Gasteiger charge is -2.11. The Labute approximate surface area is 122 Å². The largest absolute Gasteiger partial charge is 0.491 e. The first-order valence-corrected chi connectivity index (χ1v) is 6.65. The predicted octanol–water partition coefficient (Wildman–Crippen LogP) is 1.65. The molecule has 3 N–H and O–H groups in total. The van der Waals surface area contributed by atoms with Crippen LogP contribution in [0.4, 0.5) is 4.79 Å². The van der Waals surface area contributed by atoms with Crippen LogP contribution in [0, 0.1) is 0 Å². The summed E-state index contributed by atoms with van der Waals surface area (Å²) in [6.45, 7) is 0.847. The number of carbonyl (C=O) groups is 1. The summed E-state index contributed by atoms with van der Waals surface area (Å²) in [5.74, 6) is 1.34. The number of benzene rings is 1. The van der Waals surface area contributed by atoms with Gasteiger partial charge in [-0.1, -0.05) is 18.2 Å². The summed E-state index contributed by atoms with van der Waals surface area (Å²) < 4.78 is 10.5. The van der Waals surface area contributed by atoms with E-state index in [2.05, 4.69) is 10.6 Å². The van der Waals surface area contributed by atoms with Gasteiger partial charge < -0.3 is 24.9 Å². The highest BCUT2D eigenvalue weighted by Gasteiger charge is 2.06. The zero-order valence-electron chi connectivity index (χ0n) is 11.5. The van der Waals surface area contributed by atoms with Crippen LogP contribution in [-0.2, 0) is 13.1 Å². The van der Waals surface area contributed by atoms with Crippen molar-refractivity contribution < 1.29 is 19.1 Å². The Morgan fingerprint density at radius 1 is 1.14 bits per heavy atom. The zero-order valence-corrected chi connectivity index (χ0v) is 11.5. The number of hydrogen-bond donors (Lipinski definition) is 3. The third-order valence-electron chi connectivity index (χ3n) is 2.76. The molecule has 0 bridgehead atoms. The van der Waals surface area contributed by atoms with Gasteiger partial charge in [0.05, 0.1) is 19.4 Å². The summed E-state index contributed by atoms with van der Waals surface area (Å²) in [6, 6.07) is 10.6. The minimum atomic E-state index is -0.289. The second-order valence-electron chi connectivity index (χ2n) is 4.30. The fraction of sp³-hybridized carbons (Fsp3) is 0.267. The summed E-state index contributed by atoms with van der Waals surface area (Å²) in [4.78, 5) is 11.7. The molecule has 0 radical (unpaired) electrons. The van der Waals surface area contributed by atoms with Gasteiger partial charge >= 0.3 is 6.03 Å². The number of nitrogens with one attached hydrogen (secondary N) is 2. The highest BCUT2D eigenvalue weighted by atomic mass is 16.5. The van der Waals surface area contributed by atoms with Gasteiger partial charge in [-0.3, -0.25) is 0 Å². The number of para-hydroxylation sites is 1. The Kier molecular flexibility index (Phi) is 5.66. The van der Waals surface area contributed by atoms with Crippen molar-refractivity contribution in [2.75, 3.05) is 13.2 Å². The fourth-order valence-corrected chi connectivity index (χ4v) is 1.76. The monoisotopic (exact) mass is 290 g/mol. The van der Waals surface area contributed by atoms with E-state index in [1.807, 2.05) is 18.2 Å². The van der Waals surface area contributed by atoms with Gasteiger partial charge in [0.25, 0.3) is 0 Å². The Morgan fingerprint density at radius 3 is 2.71 bits per heavy atom. The lowest BCUT2D eigenvalue weighted by Crippen LogP contribution is -2.34. The van der Waals surface area contributed by atoms with Gasteiger partial charge in [0.15, 0.2) is 0 Å². The molecule has 2 amide bonds. The van der Waals surface area contributed by atoms with Crippen molar-refractivity contribution in [2.24, 2.45) is 0 Å². The number of hydrogen-bond acceptors (Lipinski definition) is 4. The second-order valence-corrected chi connectivity index (χ2v) is 4.30. The zero-order chi connectivity index (χ0) is 14.9. The van der Waals surface area contributed by atoms with E-state index in [1.165, 1.54) is 0 Å². The standard InChI is InChI=1S/C15H18N2O4/c18-7-9-21-14-6-2-1-4-12(14)10-16-15(19)17-11-13-5-3-8-20-13/h1-6,8,18H,7,9-11H2,(H2,16,17,19). The SMILES string of the molecule is O=C(NCc1ccco1)NCc1ccccc1OCCO.